The van der Waals surface area contributed by atoms with E-state index in [1.807, 2.05) is 18.2 Å². The summed E-state index contributed by atoms with van der Waals surface area (Å²) in [5.41, 5.74) is 1.09. The van der Waals surface area contributed by atoms with Crippen LogP contribution < -0.4 is 10.1 Å². The molecule has 1 aromatic rings. The minimum absolute atomic E-state index is 0.595. The van der Waals surface area contributed by atoms with E-state index in [0.717, 1.165) is 37.2 Å². The molecule has 21 heavy (non-hydrogen) atoms. The lowest BCUT2D eigenvalue weighted by molar-refractivity contribution is 0.0644. The first-order chi connectivity index (χ1) is 10.3. The summed E-state index contributed by atoms with van der Waals surface area (Å²) >= 11 is 6.22. The van der Waals surface area contributed by atoms with Crippen molar-refractivity contribution in [2.24, 2.45) is 0 Å². The largest absolute Gasteiger partial charge is 0.492 e. The maximum atomic E-state index is 6.22. The Kier molecular flexibility index (Phi) is 10.3. The highest BCUT2D eigenvalue weighted by atomic mass is 35.5. The van der Waals surface area contributed by atoms with E-state index < -0.39 is 0 Å². The molecule has 1 rings (SSSR count). The molecular weight excluding hydrogens is 290 g/mol. The molecule has 0 aromatic heterocycles. The molecule has 0 amide bonds. The van der Waals surface area contributed by atoms with Gasteiger partial charge >= 0.3 is 0 Å². The van der Waals surface area contributed by atoms with Crippen LogP contribution in [-0.2, 0) is 16.0 Å². The van der Waals surface area contributed by atoms with Gasteiger partial charge in [-0.15, -0.1) is 0 Å². The van der Waals surface area contributed by atoms with Crippen LogP contribution in [0.4, 0.5) is 0 Å². The van der Waals surface area contributed by atoms with Crippen molar-refractivity contribution in [2.45, 2.75) is 26.3 Å². The molecule has 0 radical (unpaired) electrons. The maximum absolute atomic E-state index is 6.22. The molecule has 4 nitrogen and oxygen atoms in total. The van der Waals surface area contributed by atoms with Gasteiger partial charge in [-0.1, -0.05) is 30.7 Å². The Bertz CT molecular complexity index is 388. The molecule has 0 heterocycles. The van der Waals surface area contributed by atoms with Crippen LogP contribution in [0.5, 0.6) is 5.75 Å². The first kappa shape index (κ1) is 18.2. The summed E-state index contributed by atoms with van der Waals surface area (Å²) in [5, 5.41) is 4.02. The maximum Gasteiger partial charge on any atom is 0.142 e. The van der Waals surface area contributed by atoms with Crippen molar-refractivity contribution >= 4 is 11.6 Å². The Hall–Kier alpha value is -0.810. The molecule has 0 fully saturated rings. The van der Waals surface area contributed by atoms with Crippen LogP contribution in [0.1, 0.15) is 25.3 Å². The highest BCUT2D eigenvalue weighted by Crippen LogP contribution is 2.28. The number of methoxy groups -OCH3 is 1. The number of para-hydroxylation sites is 1. The van der Waals surface area contributed by atoms with Gasteiger partial charge in [-0.3, -0.25) is 0 Å². The quantitative estimate of drug-likeness (QED) is 0.601. The van der Waals surface area contributed by atoms with E-state index in [4.69, 9.17) is 25.8 Å². The predicted molar refractivity (Wildman–Crippen MR) is 86.3 cm³/mol. The van der Waals surface area contributed by atoms with Gasteiger partial charge in [-0.25, -0.2) is 0 Å². The molecule has 0 aliphatic carbocycles. The molecule has 5 heteroatoms. The van der Waals surface area contributed by atoms with Crippen LogP contribution in [0.2, 0.25) is 5.02 Å². The molecule has 0 spiro atoms. The molecule has 0 aliphatic rings. The van der Waals surface area contributed by atoms with Gasteiger partial charge in [-0.2, -0.15) is 0 Å². The number of rotatable bonds is 12. The van der Waals surface area contributed by atoms with Crippen molar-refractivity contribution in [2.75, 3.05) is 40.1 Å². The molecule has 0 atom stereocenters. The lowest BCUT2D eigenvalue weighted by Crippen LogP contribution is -2.15. The SMILES string of the molecule is CCCNCc1cccc(Cl)c1OCCCOCCOC. The summed E-state index contributed by atoms with van der Waals surface area (Å²) in [5.74, 6) is 0.777. The number of benzene rings is 1. The monoisotopic (exact) mass is 315 g/mol. The van der Waals surface area contributed by atoms with Crippen molar-refractivity contribution in [1.82, 2.24) is 5.32 Å². The summed E-state index contributed by atoms with van der Waals surface area (Å²) in [6.07, 6.45) is 1.94. The average Bonchev–Trinajstić information content (AvgIpc) is 2.49. The van der Waals surface area contributed by atoms with E-state index in [2.05, 4.69) is 12.2 Å². The van der Waals surface area contributed by atoms with Gasteiger partial charge in [0.2, 0.25) is 0 Å². The first-order valence-electron chi connectivity index (χ1n) is 7.47. The zero-order valence-electron chi connectivity index (χ0n) is 13.0. The Morgan fingerprint density at radius 3 is 2.76 bits per heavy atom. The van der Waals surface area contributed by atoms with Crippen LogP contribution in [0.25, 0.3) is 0 Å². The third kappa shape index (κ3) is 7.67. The second-order valence-electron chi connectivity index (χ2n) is 4.71. The molecule has 0 saturated carbocycles. The first-order valence-corrected chi connectivity index (χ1v) is 7.85. The highest BCUT2D eigenvalue weighted by Gasteiger charge is 2.08. The number of hydrogen-bond donors (Lipinski definition) is 1. The highest BCUT2D eigenvalue weighted by molar-refractivity contribution is 6.32. The minimum Gasteiger partial charge on any atom is -0.492 e. The van der Waals surface area contributed by atoms with Crippen LogP contribution >= 0.6 is 11.6 Å². The van der Waals surface area contributed by atoms with Crippen molar-refractivity contribution < 1.29 is 14.2 Å². The number of ether oxygens (including phenoxy) is 3. The molecular formula is C16H26ClNO3. The summed E-state index contributed by atoms with van der Waals surface area (Å²) in [6.45, 7) is 6.40. The lowest BCUT2D eigenvalue weighted by atomic mass is 10.2. The van der Waals surface area contributed by atoms with Crippen LogP contribution in [0.3, 0.4) is 0 Å². The fourth-order valence-corrected chi connectivity index (χ4v) is 2.08. The van der Waals surface area contributed by atoms with Gasteiger partial charge in [0.05, 0.1) is 24.8 Å². The van der Waals surface area contributed by atoms with E-state index in [-0.39, 0.29) is 0 Å². The summed E-state index contributed by atoms with van der Waals surface area (Å²) in [4.78, 5) is 0. The second kappa shape index (κ2) is 11.8. The van der Waals surface area contributed by atoms with Gasteiger partial charge in [-0.05, 0) is 19.0 Å². The van der Waals surface area contributed by atoms with Crippen molar-refractivity contribution in [3.8, 4) is 5.75 Å². The van der Waals surface area contributed by atoms with E-state index >= 15 is 0 Å². The molecule has 0 aliphatic heterocycles. The van der Waals surface area contributed by atoms with Gasteiger partial charge < -0.3 is 19.5 Å². The Balaban J connectivity index is 2.35. The van der Waals surface area contributed by atoms with Crippen molar-refractivity contribution in [3.63, 3.8) is 0 Å². The lowest BCUT2D eigenvalue weighted by Gasteiger charge is -2.13. The fraction of sp³-hybridized carbons (Fsp3) is 0.625. The zero-order valence-corrected chi connectivity index (χ0v) is 13.7. The average molecular weight is 316 g/mol. The number of nitrogens with one attached hydrogen (secondary N) is 1. The van der Waals surface area contributed by atoms with Crippen molar-refractivity contribution in [1.29, 1.82) is 0 Å². The molecule has 0 bridgehead atoms. The summed E-state index contributed by atoms with van der Waals surface area (Å²) in [7, 11) is 1.66. The molecule has 120 valence electrons. The van der Waals surface area contributed by atoms with Gasteiger partial charge in [0.15, 0.2) is 0 Å². The van der Waals surface area contributed by atoms with Gasteiger partial charge in [0, 0.05) is 32.2 Å². The normalized spacial score (nSPS) is 10.8. The number of hydrogen-bond acceptors (Lipinski definition) is 4. The Morgan fingerprint density at radius 2 is 2.00 bits per heavy atom. The second-order valence-corrected chi connectivity index (χ2v) is 5.12. The molecule has 0 saturated heterocycles. The fourth-order valence-electron chi connectivity index (χ4n) is 1.83. The summed E-state index contributed by atoms with van der Waals surface area (Å²) < 4.78 is 16.1. The summed E-state index contributed by atoms with van der Waals surface area (Å²) in [6, 6.07) is 5.85. The Morgan fingerprint density at radius 1 is 1.14 bits per heavy atom. The number of halogens is 1. The third-order valence-corrected chi connectivity index (χ3v) is 3.20. The Labute approximate surface area is 132 Å². The van der Waals surface area contributed by atoms with Gasteiger partial charge in [0.25, 0.3) is 0 Å². The molecule has 1 N–H and O–H groups in total. The van der Waals surface area contributed by atoms with Crippen LogP contribution in [0, 0.1) is 0 Å². The van der Waals surface area contributed by atoms with Gasteiger partial charge in [0.1, 0.15) is 5.75 Å². The van der Waals surface area contributed by atoms with Crippen molar-refractivity contribution in [3.05, 3.63) is 28.8 Å². The minimum atomic E-state index is 0.595. The van der Waals surface area contributed by atoms with E-state index in [1.165, 1.54) is 0 Å². The van der Waals surface area contributed by atoms with E-state index in [9.17, 15) is 0 Å². The predicted octanol–water partition coefficient (Wildman–Crippen LogP) is 3.27. The molecule has 1 aromatic carbocycles. The standard InChI is InChI=1S/C16H26ClNO3/c1-3-8-18-13-14-6-4-7-15(17)16(14)21-10-5-9-20-12-11-19-2/h4,6-7,18H,3,5,8-13H2,1-2H3. The smallest absolute Gasteiger partial charge is 0.142 e. The van der Waals surface area contributed by atoms with E-state index in [0.29, 0.717) is 31.5 Å². The molecule has 0 unspecified atom stereocenters. The third-order valence-electron chi connectivity index (χ3n) is 2.90. The zero-order chi connectivity index (χ0) is 15.3. The van der Waals surface area contributed by atoms with Crippen LogP contribution in [0.15, 0.2) is 18.2 Å². The topological polar surface area (TPSA) is 39.7 Å². The van der Waals surface area contributed by atoms with E-state index in [1.54, 1.807) is 7.11 Å². The van der Waals surface area contributed by atoms with Crippen LogP contribution in [-0.4, -0.2) is 40.1 Å².